The standard InChI is InChI=1S/C14H20O2/c1-2-3-13(15)6-4-11-5-7-14-12(10-11)8-9-16-14/h5,7,10,13,15H,2-4,6,8-9H2,1H3. The van der Waals surface area contributed by atoms with Gasteiger partial charge in [0, 0.05) is 6.42 Å². The molecule has 1 aromatic rings. The van der Waals surface area contributed by atoms with Crippen molar-refractivity contribution in [3.8, 4) is 5.75 Å². The van der Waals surface area contributed by atoms with Gasteiger partial charge in [-0.3, -0.25) is 0 Å². The molecule has 0 radical (unpaired) electrons. The maximum absolute atomic E-state index is 9.68. The molecule has 0 bridgehead atoms. The molecule has 1 unspecified atom stereocenters. The molecule has 1 aliphatic heterocycles. The number of fused-ring (bicyclic) bond motifs is 1. The Labute approximate surface area is 97.3 Å². The molecule has 0 saturated carbocycles. The Hall–Kier alpha value is -1.02. The van der Waals surface area contributed by atoms with Crippen molar-refractivity contribution >= 4 is 0 Å². The van der Waals surface area contributed by atoms with E-state index in [0.717, 1.165) is 44.5 Å². The van der Waals surface area contributed by atoms with Crippen LogP contribution in [0.15, 0.2) is 18.2 Å². The third-order valence-electron chi connectivity index (χ3n) is 3.14. The largest absolute Gasteiger partial charge is 0.493 e. The molecule has 2 nitrogen and oxygen atoms in total. The van der Waals surface area contributed by atoms with E-state index >= 15 is 0 Å². The van der Waals surface area contributed by atoms with Gasteiger partial charge in [-0.2, -0.15) is 0 Å². The van der Waals surface area contributed by atoms with E-state index in [2.05, 4.69) is 25.1 Å². The van der Waals surface area contributed by atoms with Crippen molar-refractivity contribution in [3.05, 3.63) is 29.3 Å². The molecule has 1 N–H and O–H groups in total. The zero-order chi connectivity index (χ0) is 11.4. The number of hydrogen-bond donors (Lipinski definition) is 1. The molecule has 0 amide bonds. The van der Waals surface area contributed by atoms with Gasteiger partial charge in [0.1, 0.15) is 5.75 Å². The van der Waals surface area contributed by atoms with Gasteiger partial charge in [-0.25, -0.2) is 0 Å². The Morgan fingerprint density at radius 3 is 3.06 bits per heavy atom. The second-order valence-electron chi connectivity index (χ2n) is 4.52. The molecule has 1 atom stereocenters. The summed E-state index contributed by atoms with van der Waals surface area (Å²) in [5, 5.41) is 9.68. The van der Waals surface area contributed by atoms with E-state index in [1.54, 1.807) is 0 Å². The van der Waals surface area contributed by atoms with Gasteiger partial charge in [-0.15, -0.1) is 0 Å². The molecule has 2 rings (SSSR count). The minimum absolute atomic E-state index is 0.144. The molecule has 1 heterocycles. The smallest absolute Gasteiger partial charge is 0.122 e. The van der Waals surface area contributed by atoms with Crippen LogP contribution in [0.25, 0.3) is 0 Å². The predicted octanol–water partition coefficient (Wildman–Crippen LogP) is 2.72. The zero-order valence-electron chi connectivity index (χ0n) is 9.91. The Morgan fingerprint density at radius 2 is 2.25 bits per heavy atom. The molecular formula is C14H20O2. The summed E-state index contributed by atoms with van der Waals surface area (Å²) in [6, 6.07) is 6.40. The van der Waals surface area contributed by atoms with E-state index in [4.69, 9.17) is 4.74 Å². The SMILES string of the molecule is CCCC(O)CCc1ccc2c(c1)CCO2. The summed E-state index contributed by atoms with van der Waals surface area (Å²) < 4.78 is 5.47. The van der Waals surface area contributed by atoms with Gasteiger partial charge in [-0.1, -0.05) is 25.5 Å². The third kappa shape index (κ3) is 2.76. The van der Waals surface area contributed by atoms with Crippen LogP contribution in [0.2, 0.25) is 0 Å². The van der Waals surface area contributed by atoms with Crippen molar-refractivity contribution in [1.82, 2.24) is 0 Å². The molecule has 88 valence electrons. The summed E-state index contributed by atoms with van der Waals surface area (Å²) in [5.41, 5.74) is 2.64. The first-order chi connectivity index (χ1) is 7.79. The van der Waals surface area contributed by atoms with Crippen LogP contribution in [-0.4, -0.2) is 17.8 Å². The minimum Gasteiger partial charge on any atom is -0.493 e. The molecule has 0 fully saturated rings. The van der Waals surface area contributed by atoms with Crippen LogP contribution in [0.5, 0.6) is 5.75 Å². The van der Waals surface area contributed by atoms with E-state index in [1.165, 1.54) is 11.1 Å². The molecule has 0 aromatic heterocycles. The van der Waals surface area contributed by atoms with Crippen LogP contribution in [0.1, 0.15) is 37.3 Å². The lowest BCUT2D eigenvalue weighted by atomic mass is 10.0. The van der Waals surface area contributed by atoms with E-state index in [9.17, 15) is 5.11 Å². The average molecular weight is 220 g/mol. The highest BCUT2D eigenvalue weighted by Gasteiger charge is 2.12. The van der Waals surface area contributed by atoms with E-state index in [-0.39, 0.29) is 6.10 Å². The number of aryl methyl sites for hydroxylation is 1. The minimum atomic E-state index is -0.144. The zero-order valence-corrected chi connectivity index (χ0v) is 9.91. The normalized spacial score (nSPS) is 15.6. The average Bonchev–Trinajstić information content (AvgIpc) is 2.74. The lowest BCUT2D eigenvalue weighted by molar-refractivity contribution is 0.154. The summed E-state index contributed by atoms with van der Waals surface area (Å²) in [6.45, 7) is 2.92. The number of aliphatic hydroxyl groups is 1. The maximum Gasteiger partial charge on any atom is 0.122 e. The first-order valence-corrected chi connectivity index (χ1v) is 6.22. The van der Waals surface area contributed by atoms with Gasteiger partial charge in [0.05, 0.1) is 12.7 Å². The molecule has 1 aromatic carbocycles. The van der Waals surface area contributed by atoms with Crippen LogP contribution < -0.4 is 4.74 Å². The fourth-order valence-corrected chi connectivity index (χ4v) is 2.21. The van der Waals surface area contributed by atoms with Crippen LogP contribution in [0.3, 0.4) is 0 Å². The Kier molecular flexibility index (Phi) is 3.83. The highest BCUT2D eigenvalue weighted by atomic mass is 16.5. The first-order valence-electron chi connectivity index (χ1n) is 6.22. The fourth-order valence-electron chi connectivity index (χ4n) is 2.21. The molecule has 0 aliphatic carbocycles. The molecule has 2 heteroatoms. The summed E-state index contributed by atoms with van der Waals surface area (Å²) in [6.07, 6.45) is 4.69. The highest BCUT2D eigenvalue weighted by Crippen LogP contribution is 2.26. The molecule has 0 spiro atoms. The highest BCUT2D eigenvalue weighted by molar-refractivity contribution is 5.39. The molecule has 0 saturated heterocycles. The topological polar surface area (TPSA) is 29.5 Å². The van der Waals surface area contributed by atoms with Crippen molar-refractivity contribution in [1.29, 1.82) is 0 Å². The van der Waals surface area contributed by atoms with E-state index in [0.29, 0.717) is 0 Å². The lowest BCUT2D eigenvalue weighted by Gasteiger charge is -2.09. The lowest BCUT2D eigenvalue weighted by Crippen LogP contribution is -2.07. The van der Waals surface area contributed by atoms with Gasteiger partial charge in [-0.05, 0) is 36.5 Å². The van der Waals surface area contributed by atoms with Crippen molar-refractivity contribution in [2.75, 3.05) is 6.61 Å². The molecule has 1 aliphatic rings. The second kappa shape index (κ2) is 5.35. The van der Waals surface area contributed by atoms with Crippen molar-refractivity contribution in [2.24, 2.45) is 0 Å². The fraction of sp³-hybridized carbons (Fsp3) is 0.571. The predicted molar refractivity (Wildman–Crippen MR) is 64.9 cm³/mol. The van der Waals surface area contributed by atoms with Gasteiger partial charge < -0.3 is 9.84 Å². The number of benzene rings is 1. The summed E-state index contributed by atoms with van der Waals surface area (Å²) in [5.74, 6) is 1.04. The van der Waals surface area contributed by atoms with Crippen LogP contribution in [-0.2, 0) is 12.8 Å². The van der Waals surface area contributed by atoms with E-state index in [1.807, 2.05) is 0 Å². The molecular weight excluding hydrogens is 200 g/mol. The van der Waals surface area contributed by atoms with Crippen LogP contribution >= 0.6 is 0 Å². The number of ether oxygens (including phenoxy) is 1. The number of hydrogen-bond acceptors (Lipinski definition) is 2. The van der Waals surface area contributed by atoms with Gasteiger partial charge in [0.25, 0.3) is 0 Å². The Morgan fingerprint density at radius 1 is 1.38 bits per heavy atom. The van der Waals surface area contributed by atoms with Gasteiger partial charge >= 0.3 is 0 Å². The molecule has 16 heavy (non-hydrogen) atoms. The maximum atomic E-state index is 9.68. The van der Waals surface area contributed by atoms with Crippen molar-refractivity contribution in [3.63, 3.8) is 0 Å². The van der Waals surface area contributed by atoms with Crippen LogP contribution in [0, 0.1) is 0 Å². The van der Waals surface area contributed by atoms with Gasteiger partial charge in [0.15, 0.2) is 0 Å². The monoisotopic (exact) mass is 220 g/mol. The first kappa shape index (κ1) is 11.5. The summed E-state index contributed by atoms with van der Waals surface area (Å²) in [4.78, 5) is 0. The summed E-state index contributed by atoms with van der Waals surface area (Å²) in [7, 11) is 0. The summed E-state index contributed by atoms with van der Waals surface area (Å²) >= 11 is 0. The quantitative estimate of drug-likeness (QED) is 0.826. The number of aliphatic hydroxyl groups excluding tert-OH is 1. The second-order valence-corrected chi connectivity index (χ2v) is 4.52. The van der Waals surface area contributed by atoms with Crippen LogP contribution in [0.4, 0.5) is 0 Å². The Balaban J connectivity index is 1.90. The van der Waals surface area contributed by atoms with Crippen molar-refractivity contribution < 1.29 is 9.84 Å². The number of rotatable bonds is 5. The van der Waals surface area contributed by atoms with Gasteiger partial charge in [0.2, 0.25) is 0 Å². The Bertz CT molecular complexity index is 347. The van der Waals surface area contributed by atoms with E-state index < -0.39 is 0 Å². The van der Waals surface area contributed by atoms with Crippen molar-refractivity contribution in [2.45, 2.75) is 45.1 Å². The third-order valence-corrected chi connectivity index (χ3v) is 3.14.